The minimum atomic E-state index is -0.316. The normalized spacial score (nSPS) is 13.6. The van der Waals surface area contributed by atoms with Crippen molar-refractivity contribution in [2.24, 2.45) is 0 Å². The van der Waals surface area contributed by atoms with Gasteiger partial charge in [-0.05, 0) is 30.3 Å². The number of benzene rings is 2. The molecule has 0 unspecified atom stereocenters. The van der Waals surface area contributed by atoms with Gasteiger partial charge in [0.2, 0.25) is 5.91 Å². The molecule has 0 saturated carbocycles. The summed E-state index contributed by atoms with van der Waals surface area (Å²) in [6.45, 7) is -0.0362. The number of anilines is 2. The molecule has 20 heavy (non-hydrogen) atoms. The molecule has 2 N–H and O–H groups in total. The van der Waals surface area contributed by atoms with Crippen LogP contribution in [-0.2, 0) is 4.79 Å². The Morgan fingerprint density at radius 3 is 2.75 bits per heavy atom. The number of fused-ring (bicyclic) bond motifs is 1. The summed E-state index contributed by atoms with van der Waals surface area (Å²) in [4.78, 5) is 25.6. The molecule has 0 atom stereocenters. The van der Waals surface area contributed by atoms with Gasteiger partial charge < -0.3 is 10.4 Å². The first-order valence-electron chi connectivity index (χ1n) is 6.15. The maximum absolute atomic E-state index is 12.5. The smallest absolute Gasteiger partial charge is 0.258 e. The number of hydrogen-bond acceptors (Lipinski definition) is 3. The first-order valence-corrected chi connectivity index (χ1v) is 6.15. The van der Waals surface area contributed by atoms with E-state index in [1.165, 1.54) is 17.0 Å². The van der Waals surface area contributed by atoms with Gasteiger partial charge in [0, 0.05) is 5.56 Å². The molecule has 5 nitrogen and oxygen atoms in total. The van der Waals surface area contributed by atoms with Gasteiger partial charge in [-0.1, -0.05) is 18.2 Å². The zero-order chi connectivity index (χ0) is 14.1. The highest BCUT2D eigenvalue weighted by Gasteiger charge is 2.27. The Kier molecular flexibility index (Phi) is 2.87. The van der Waals surface area contributed by atoms with Crippen molar-refractivity contribution < 1.29 is 14.7 Å². The van der Waals surface area contributed by atoms with Crippen LogP contribution < -0.4 is 10.2 Å². The van der Waals surface area contributed by atoms with Crippen molar-refractivity contribution in [1.29, 1.82) is 0 Å². The first kappa shape index (κ1) is 12.2. The van der Waals surface area contributed by atoms with Gasteiger partial charge in [0.05, 0.1) is 11.4 Å². The fourth-order valence-electron chi connectivity index (χ4n) is 2.21. The average Bonchev–Trinajstić information content (AvgIpc) is 2.45. The minimum Gasteiger partial charge on any atom is -0.508 e. The molecule has 0 saturated heterocycles. The predicted octanol–water partition coefficient (Wildman–Crippen LogP) is 1.99. The number of nitrogens with one attached hydrogen (secondary N) is 1. The number of aromatic hydroxyl groups is 1. The lowest BCUT2D eigenvalue weighted by molar-refractivity contribution is -0.115. The molecule has 0 aliphatic carbocycles. The Balaban J connectivity index is 2.02. The summed E-state index contributed by atoms with van der Waals surface area (Å²) in [5.41, 5.74) is 1.60. The molecule has 1 aliphatic rings. The number of rotatable bonds is 1. The van der Waals surface area contributed by atoms with Gasteiger partial charge in [0.1, 0.15) is 12.3 Å². The largest absolute Gasteiger partial charge is 0.508 e. The summed E-state index contributed by atoms with van der Waals surface area (Å²) in [7, 11) is 0. The molecular weight excluding hydrogens is 256 g/mol. The van der Waals surface area contributed by atoms with Crippen LogP contribution in [0.2, 0.25) is 0 Å². The van der Waals surface area contributed by atoms with E-state index in [2.05, 4.69) is 5.32 Å². The van der Waals surface area contributed by atoms with Gasteiger partial charge in [0.15, 0.2) is 0 Å². The maximum atomic E-state index is 12.5. The minimum absolute atomic E-state index is 0.0191. The standard InChI is InChI=1S/C15H12N2O3/c18-11-5-3-4-10(8-11)15(20)17-9-14(19)16-12-6-1-2-7-13(12)17/h1-8,18H,9H2,(H,16,19). The van der Waals surface area contributed by atoms with Crippen molar-refractivity contribution in [2.75, 3.05) is 16.8 Å². The Morgan fingerprint density at radius 1 is 1.15 bits per heavy atom. The molecule has 0 spiro atoms. The molecule has 2 aromatic rings. The van der Waals surface area contributed by atoms with E-state index >= 15 is 0 Å². The zero-order valence-electron chi connectivity index (χ0n) is 10.5. The van der Waals surface area contributed by atoms with Crippen LogP contribution >= 0.6 is 0 Å². The van der Waals surface area contributed by atoms with Gasteiger partial charge >= 0.3 is 0 Å². The molecule has 3 rings (SSSR count). The lowest BCUT2D eigenvalue weighted by Gasteiger charge is -2.29. The predicted molar refractivity (Wildman–Crippen MR) is 74.9 cm³/mol. The van der Waals surface area contributed by atoms with Crippen molar-refractivity contribution >= 4 is 23.2 Å². The number of nitrogens with zero attached hydrogens (tertiary/aromatic N) is 1. The first-order chi connectivity index (χ1) is 9.65. The average molecular weight is 268 g/mol. The fourth-order valence-corrected chi connectivity index (χ4v) is 2.21. The topological polar surface area (TPSA) is 69.6 Å². The Hall–Kier alpha value is -2.82. The molecule has 0 bridgehead atoms. The Labute approximate surface area is 115 Å². The van der Waals surface area contributed by atoms with Gasteiger partial charge in [-0.2, -0.15) is 0 Å². The summed E-state index contributed by atoms with van der Waals surface area (Å²) in [6.07, 6.45) is 0. The summed E-state index contributed by atoms with van der Waals surface area (Å²) in [5.74, 6) is -0.536. The molecule has 5 heteroatoms. The highest BCUT2D eigenvalue weighted by Crippen LogP contribution is 2.30. The van der Waals surface area contributed by atoms with Crippen LogP contribution in [-0.4, -0.2) is 23.5 Å². The fraction of sp³-hybridized carbons (Fsp3) is 0.0667. The van der Waals surface area contributed by atoms with E-state index in [-0.39, 0.29) is 24.1 Å². The summed E-state index contributed by atoms with van der Waals surface area (Å²) >= 11 is 0. The number of phenolic OH excluding ortho intramolecular Hbond substituents is 1. The van der Waals surface area contributed by atoms with Crippen molar-refractivity contribution in [2.45, 2.75) is 0 Å². The number of hydrogen-bond donors (Lipinski definition) is 2. The SMILES string of the molecule is O=C1CN(C(=O)c2cccc(O)c2)c2ccccc2N1. The van der Waals surface area contributed by atoms with Crippen LogP contribution in [0, 0.1) is 0 Å². The highest BCUT2D eigenvalue weighted by molar-refractivity contribution is 6.15. The lowest BCUT2D eigenvalue weighted by Crippen LogP contribution is -2.42. The van der Waals surface area contributed by atoms with Gasteiger partial charge in [-0.15, -0.1) is 0 Å². The second kappa shape index (κ2) is 4.70. The molecule has 0 radical (unpaired) electrons. The third kappa shape index (κ3) is 2.09. The molecule has 0 fully saturated rings. The van der Waals surface area contributed by atoms with E-state index in [9.17, 15) is 14.7 Å². The molecule has 1 aliphatic heterocycles. The van der Waals surface area contributed by atoms with Crippen LogP contribution in [0.25, 0.3) is 0 Å². The zero-order valence-corrected chi connectivity index (χ0v) is 10.5. The van der Waals surface area contributed by atoms with Crippen LogP contribution in [0.5, 0.6) is 5.75 Å². The quantitative estimate of drug-likeness (QED) is 0.831. The summed E-state index contributed by atoms with van der Waals surface area (Å²) in [5, 5.41) is 12.2. The van der Waals surface area contributed by atoms with E-state index in [0.717, 1.165) is 0 Å². The third-order valence-electron chi connectivity index (χ3n) is 3.11. The van der Waals surface area contributed by atoms with E-state index in [0.29, 0.717) is 16.9 Å². The highest BCUT2D eigenvalue weighted by atomic mass is 16.3. The second-order valence-electron chi connectivity index (χ2n) is 4.51. The summed E-state index contributed by atoms with van der Waals surface area (Å²) in [6, 6.07) is 13.2. The van der Waals surface area contributed by atoms with Crippen molar-refractivity contribution in [3.8, 4) is 5.75 Å². The number of para-hydroxylation sites is 2. The Bertz CT molecular complexity index is 697. The summed E-state index contributed by atoms with van der Waals surface area (Å²) < 4.78 is 0. The van der Waals surface area contributed by atoms with E-state index in [4.69, 9.17) is 0 Å². The van der Waals surface area contributed by atoms with Gasteiger partial charge in [-0.25, -0.2) is 0 Å². The number of phenols is 1. The third-order valence-corrected chi connectivity index (χ3v) is 3.11. The van der Waals surface area contributed by atoms with Crippen LogP contribution in [0.4, 0.5) is 11.4 Å². The van der Waals surface area contributed by atoms with Gasteiger partial charge in [0.25, 0.3) is 5.91 Å². The monoisotopic (exact) mass is 268 g/mol. The van der Waals surface area contributed by atoms with Crippen molar-refractivity contribution in [3.05, 3.63) is 54.1 Å². The Morgan fingerprint density at radius 2 is 1.95 bits per heavy atom. The number of amides is 2. The van der Waals surface area contributed by atoms with Gasteiger partial charge in [-0.3, -0.25) is 14.5 Å². The van der Waals surface area contributed by atoms with Crippen molar-refractivity contribution in [1.82, 2.24) is 0 Å². The van der Waals surface area contributed by atoms with E-state index in [1.807, 2.05) is 0 Å². The molecular formula is C15H12N2O3. The van der Waals surface area contributed by atoms with Crippen molar-refractivity contribution in [3.63, 3.8) is 0 Å². The lowest BCUT2D eigenvalue weighted by atomic mass is 10.1. The molecule has 2 aromatic carbocycles. The molecule has 0 aromatic heterocycles. The maximum Gasteiger partial charge on any atom is 0.258 e. The van der Waals surface area contributed by atoms with E-state index in [1.54, 1.807) is 36.4 Å². The molecule has 2 amide bonds. The van der Waals surface area contributed by atoms with Crippen LogP contribution in [0.3, 0.4) is 0 Å². The van der Waals surface area contributed by atoms with Crippen LogP contribution in [0.15, 0.2) is 48.5 Å². The number of carbonyl (C=O) groups excluding carboxylic acids is 2. The molecule has 100 valence electrons. The van der Waals surface area contributed by atoms with Crippen LogP contribution in [0.1, 0.15) is 10.4 Å². The molecule has 1 heterocycles. The second-order valence-corrected chi connectivity index (χ2v) is 4.51. The van der Waals surface area contributed by atoms with E-state index < -0.39 is 0 Å². The number of carbonyl (C=O) groups is 2.